The number of hydrogen-bond acceptors (Lipinski definition) is 5. The predicted molar refractivity (Wildman–Crippen MR) is 129 cm³/mol. The van der Waals surface area contributed by atoms with Crippen molar-refractivity contribution in [1.82, 2.24) is 4.90 Å². The van der Waals surface area contributed by atoms with Crippen LogP contribution in [0.2, 0.25) is 0 Å². The maximum atomic E-state index is 13.9. The zero-order valence-corrected chi connectivity index (χ0v) is 20.2. The fourth-order valence-electron chi connectivity index (χ4n) is 3.16. The number of carbonyl (C=O) groups is 1. The largest absolute Gasteiger partial charge is 0.497 e. The molecule has 174 valence electrons. The van der Waals surface area contributed by atoms with Crippen molar-refractivity contribution in [3.63, 3.8) is 0 Å². The van der Waals surface area contributed by atoms with Crippen molar-refractivity contribution in [2.24, 2.45) is 0 Å². The number of ether oxygens (including phenoxy) is 1. The Labute approximate surface area is 198 Å². The summed E-state index contributed by atoms with van der Waals surface area (Å²) in [4.78, 5) is 15.4. The lowest BCUT2D eigenvalue weighted by molar-refractivity contribution is -0.128. The quantitative estimate of drug-likeness (QED) is 0.418. The Balaban J connectivity index is 1.88. The number of anilines is 1. The molecule has 0 spiro atoms. The SMILES string of the molecule is COc1ccc(CN(C)C(=O)CN(c2cccc(F)c2)S(=O)(=O)c2ccc(SC)cc2)cc1. The fraction of sp³-hybridized carbons (Fsp3) is 0.208. The van der Waals surface area contributed by atoms with Gasteiger partial charge in [0, 0.05) is 18.5 Å². The molecule has 0 unspecified atom stereocenters. The minimum Gasteiger partial charge on any atom is -0.497 e. The van der Waals surface area contributed by atoms with Crippen molar-refractivity contribution in [3.05, 3.63) is 84.2 Å². The Morgan fingerprint density at radius 1 is 1.03 bits per heavy atom. The number of carbonyl (C=O) groups excluding carboxylic acids is 1. The third kappa shape index (κ3) is 6.06. The van der Waals surface area contributed by atoms with Gasteiger partial charge in [0.25, 0.3) is 10.0 Å². The van der Waals surface area contributed by atoms with Gasteiger partial charge >= 0.3 is 0 Å². The summed E-state index contributed by atoms with van der Waals surface area (Å²) in [5, 5.41) is 0. The maximum Gasteiger partial charge on any atom is 0.264 e. The number of benzene rings is 3. The molecule has 3 rings (SSSR count). The molecule has 0 aliphatic heterocycles. The number of methoxy groups -OCH3 is 1. The van der Waals surface area contributed by atoms with E-state index in [9.17, 15) is 17.6 Å². The summed E-state index contributed by atoms with van der Waals surface area (Å²) in [6.07, 6.45) is 1.89. The predicted octanol–water partition coefficient (Wildman–Crippen LogP) is 4.41. The topological polar surface area (TPSA) is 66.9 Å². The number of rotatable bonds is 9. The molecule has 0 N–H and O–H groups in total. The maximum absolute atomic E-state index is 13.9. The van der Waals surface area contributed by atoms with Crippen molar-refractivity contribution < 1.29 is 22.3 Å². The van der Waals surface area contributed by atoms with Gasteiger partial charge in [-0.2, -0.15) is 0 Å². The number of thioether (sulfide) groups is 1. The molecule has 0 fully saturated rings. The van der Waals surface area contributed by atoms with Gasteiger partial charge in [-0.15, -0.1) is 11.8 Å². The van der Waals surface area contributed by atoms with Gasteiger partial charge in [0.1, 0.15) is 18.1 Å². The summed E-state index contributed by atoms with van der Waals surface area (Å²) < 4.78 is 46.9. The minimum absolute atomic E-state index is 0.0233. The van der Waals surface area contributed by atoms with Gasteiger partial charge in [0.05, 0.1) is 17.7 Å². The first-order valence-electron chi connectivity index (χ1n) is 10.0. The van der Waals surface area contributed by atoms with E-state index in [0.29, 0.717) is 5.75 Å². The second-order valence-corrected chi connectivity index (χ2v) is 10.0. The van der Waals surface area contributed by atoms with Gasteiger partial charge < -0.3 is 9.64 Å². The molecule has 0 atom stereocenters. The van der Waals surface area contributed by atoms with Gasteiger partial charge in [-0.3, -0.25) is 9.10 Å². The molecule has 6 nitrogen and oxygen atoms in total. The summed E-state index contributed by atoms with van der Waals surface area (Å²) in [5.41, 5.74) is 0.939. The molecule has 0 aromatic heterocycles. The summed E-state index contributed by atoms with van der Waals surface area (Å²) in [6.45, 7) is -0.189. The van der Waals surface area contributed by atoms with Gasteiger partial charge in [0.15, 0.2) is 0 Å². The number of sulfonamides is 1. The second-order valence-electron chi connectivity index (χ2n) is 7.26. The Bertz CT molecular complexity index is 1200. The number of halogens is 1. The molecule has 0 aliphatic rings. The molecule has 0 heterocycles. The number of likely N-dealkylation sites (N-methyl/N-ethyl adjacent to an activating group) is 1. The summed E-state index contributed by atoms with van der Waals surface area (Å²) >= 11 is 1.49. The molecule has 0 aliphatic carbocycles. The fourth-order valence-corrected chi connectivity index (χ4v) is 4.97. The van der Waals surface area contributed by atoms with E-state index in [0.717, 1.165) is 20.8 Å². The van der Waals surface area contributed by atoms with E-state index in [2.05, 4.69) is 0 Å². The molecule has 33 heavy (non-hydrogen) atoms. The first kappa shape index (κ1) is 24.6. The van der Waals surface area contributed by atoms with Crippen LogP contribution in [0.3, 0.4) is 0 Å². The molecular weight excluding hydrogens is 463 g/mol. The highest BCUT2D eigenvalue weighted by atomic mass is 32.2. The van der Waals surface area contributed by atoms with E-state index in [1.54, 1.807) is 38.4 Å². The highest BCUT2D eigenvalue weighted by molar-refractivity contribution is 7.98. The van der Waals surface area contributed by atoms with Crippen LogP contribution < -0.4 is 9.04 Å². The zero-order valence-electron chi connectivity index (χ0n) is 18.6. The van der Waals surface area contributed by atoms with Gasteiger partial charge in [-0.25, -0.2) is 12.8 Å². The van der Waals surface area contributed by atoms with Crippen LogP contribution >= 0.6 is 11.8 Å². The monoisotopic (exact) mass is 488 g/mol. The van der Waals surface area contributed by atoms with Crippen LogP contribution in [-0.2, 0) is 21.4 Å². The smallest absolute Gasteiger partial charge is 0.264 e. The van der Waals surface area contributed by atoms with E-state index in [1.807, 2.05) is 18.4 Å². The minimum atomic E-state index is -4.11. The van der Waals surface area contributed by atoms with E-state index >= 15 is 0 Å². The van der Waals surface area contributed by atoms with Crippen molar-refractivity contribution in [2.45, 2.75) is 16.3 Å². The van der Waals surface area contributed by atoms with Crippen LogP contribution in [0, 0.1) is 5.82 Å². The van der Waals surface area contributed by atoms with Crippen LogP contribution in [-0.4, -0.2) is 46.2 Å². The normalized spacial score (nSPS) is 11.2. The van der Waals surface area contributed by atoms with Crippen molar-refractivity contribution in [1.29, 1.82) is 0 Å². The first-order chi connectivity index (χ1) is 15.7. The Hall–Kier alpha value is -3.04. The lowest BCUT2D eigenvalue weighted by Crippen LogP contribution is -2.41. The van der Waals surface area contributed by atoms with Crippen LogP contribution in [0.4, 0.5) is 10.1 Å². The lowest BCUT2D eigenvalue weighted by atomic mass is 10.2. The number of amides is 1. The Kier molecular flexibility index (Phi) is 7.99. The van der Waals surface area contributed by atoms with Crippen LogP contribution in [0.1, 0.15) is 5.56 Å². The first-order valence-corrected chi connectivity index (χ1v) is 12.7. The van der Waals surface area contributed by atoms with Crippen LogP contribution in [0.5, 0.6) is 5.75 Å². The van der Waals surface area contributed by atoms with Crippen LogP contribution in [0.15, 0.2) is 82.6 Å². The van der Waals surface area contributed by atoms with Crippen molar-refractivity contribution >= 4 is 33.4 Å². The highest BCUT2D eigenvalue weighted by Gasteiger charge is 2.28. The summed E-state index contributed by atoms with van der Waals surface area (Å²) in [7, 11) is -0.949. The molecule has 0 bridgehead atoms. The molecule has 3 aromatic carbocycles. The van der Waals surface area contributed by atoms with E-state index in [-0.39, 0.29) is 17.1 Å². The average Bonchev–Trinajstić information content (AvgIpc) is 2.82. The standard InChI is InChI=1S/C24H25FN2O4S2/c1-26(16-18-7-9-21(31-2)10-8-18)24(28)17-27(20-6-4-5-19(25)15-20)33(29,30)23-13-11-22(32-3)12-14-23/h4-15H,16-17H2,1-3H3. The Morgan fingerprint density at radius 3 is 2.27 bits per heavy atom. The Morgan fingerprint density at radius 2 is 1.70 bits per heavy atom. The molecule has 0 radical (unpaired) electrons. The van der Waals surface area contributed by atoms with E-state index in [4.69, 9.17) is 4.74 Å². The van der Waals surface area contributed by atoms with Crippen molar-refractivity contribution in [3.8, 4) is 5.75 Å². The van der Waals surface area contributed by atoms with Crippen LogP contribution in [0.25, 0.3) is 0 Å². The number of nitrogens with zero attached hydrogens (tertiary/aromatic N) is 2. The van der Waals surface area contributed by atoms with Gasteiger partial charge in [-0.05, 0) is 66.4 Å². The zero-order chi connectivity index (χ0) is 24.0. The molecular formula is C24H25FN2O4S2. The van der Waals surface area contributed by atoms with Gasteiger partial charge in [0.2, 0.25) is 5.91 Å². The molecule has 9 heteroatoms. The third-order valence-electron chi connectivity index (χ3n) is 5.03. The second kappa shape index (κ2) is 10.7. The third-order valence-corrected chi connectivity index (χ3v) is 7.56. The summed E-state index contributed by atoms with van der Waals surface area (Å²) in [5.74, 6) is -0.326. The highest BCUT2D eigenvalue weighted by Crippen LogP contribution is 2.26. The van der Waals surface area contributed by atoms with E-state index in [1.165, 1.54) is 47.0 Å². The lowest BCUT2D eigenvalue weighted by Gasteiger charge is -2.27. The molecule has 3 aromatic rings. The summed E-state index contributed by atoms with van der Waals surface area (Å²) in [6, 6.07) is 18.8. The molecule has 0 saturated heterocycles. The van der Waals surface area contributed by atoms with E-state index < -0.39 is 28.3 Å². The molecule has 1 amide bonds. The van der Waals surface area contributed by atoms with Gasteiger partial charge in [-0.1, -0.05) is 18.2 Å². The average molecular weight is 489 g/mol. The molecule has 0 saturated carbocycles. The van der Waals surface area contributed by atoms with Crippen molar-refractivity contribution in [2.75, 3.05) is 31.3 Å². The number of hydrogen-bond donors (Lipinski definition) is 0.